The van der Waals surface area contributed by atoms with Crippen LogP contribution in [0.4, 0.5) is 0 Å². The minimum atomic E-state index is 0.0969. The van der Waals surface area contributed by atoms with Crippen LogP contribution in [0.2, 0.25) is 0 Å². The van der Waals surface area contributed by atoms with Gasteiger partial charge in [0.2, 0.25) is 0 Å². The van der Waals surface area contributed by atoms with E-state index < -0.39 is 0 Å². The van der Waals surface area contributed by atoms with Crippen molar-refractivity contribution in [3.63, 3.8) is 0 Å². The van der Waals surface area contributed by atoms with Gasteiger partial charge >= 0.3 is 0 Å². The highest BCUT2D eigenvalue weighted by Gasteiger charge is 1.72. The number of nitrogens with one attached hydrogen (secondary N) is 2. The Kier molecular flexibility index (Phi) is 5.32. The summed E-state index contributed by atoms with van der Waals surface area (Å²) in [5.74, 6) is 0. The molecule has 0 unspecified atom stereocenters. The quantitative estimate of drug-likeness (QED) is 0.254. The summed E-state index contributed by atoms with van der Waals surface area (Å²) in [5.41, 5.74) is 2.46. The molecule has 0 aromatic carbocycles. The molecular formula is C2H7ClN2O. The highest BCUT2D eigenvalue weighted by molar-refractivity contribution is 6.13. The highest BCUT2D eigenvalue weighted by atomic mass is 35.5. The topological polar surface area (TPSA) is 44.3 Å². The van der Waals surface area contributed by atoms with Gasteiger partial charge in [-0.15, -0.1) is 0 Å². The van der Waals surface area contributed by atoms with Crippen molar-refractivity contribution < 1.29 is 5.11 Å². The van der Waals surface area contributed by atoms with Crippen LogP contribution < -0.4 is 10.4 Å². The van der Waals surface area contributed by atoms with Crippen LogP contribution in [0, 0.1) is 0 Å². The van der Waals surface area contributed by atoms with Crippen LogP contribution in [0.5, 0.6) is 0 Å². The van der Waals surface area contributed by atoms with Gasteiger partial charge in [-0.1, -0.05) is 0 Å². The molecule has 0 atom stereocenters. The standard InChI is InChI=1S/C2H7ClN2O/c3-5-4-1-2-6/h4-6H,1-2H2. The molecule has 0 spiro atoms. The Balaban J connectivity index is 2.34. The summed E-state index contributed by atoms with van der Waals surface area (Å²) in [7, 11) is 0. The van der Waals surface area contributed by atoms with Gasteiger partial charge in [0.15, 0.2) is 0 Å². The van der Waals surface area contributed by atoms with E-state index in [0.717, 1.165) is 0 Å². The number of hydrogen-bond donors (Lipinski definition) is 3. The van der Waals surface area contributed by atoms with Crippen molar-refractivity contribution in [2.75, 3.05) is 13.2 Å². The molecule has 0 radical (unpaired) electrons. The molecule has 3 nitrogen and oxygen atoms in total. The van der Waals surface area contributed by atoms with Crippen molar-refractivity contribution in [2.24, 2.45) is 0 Å². The first-order valence-corrected chi connectivity index (χ1v) is 1.99. The Hall–Kier alpha value is 0.170. The average Bonchev–Trinajstić information content (AvgIpc) is 1.61. The van der Waals surface area contributed by atoms with E-state index in [9.17, 15) is 0 Å². The largest absolute Gasteiger partial charge is 0.395 e. The van der Waals surface area contributed by atoms with E-state index in [1.54, 1.807) is 0 Å². The lowest BCUT2D eigenvalue weighted by molar-refractivity contribution is 0.290. The third-order valence-corrected chi connectivity index (χ3v) is 0.437. The van der Waals surface area contributed by atoms with Gasteiger partial charge in [-0.25, -0.2) is 5.43 Å². The maximum atomic E-state index is 8.04. The first kappa shape index (κ1) is 6.17. The normalized spacial score (nSPS) is 9.00. The minimum absolute atomic E-state index is 0.0969. The summed E-state index contributed by atoms with van der Waals surface area (Å²) >= 11 is 4.91. The van der Waals surface area contributed by atoms with Gasteiger partial charge in [-0.3, -0.25) is 0 Å². The number of halogens is 1. The molecule has 0 aliphatic rings. The molecular weight excluding hydrogens is 103 g/mol. The number of rotatable bonds is 3. The summed E-state index contributed by atoms with van der Waals surface area (Å²) in [5, 5.41) is 8.04. The Labute approximate surface area is 41.4 Å². The van der Waals surface area contributed by atoms with Gasteiger partial charge in [0.25, 0.3) is 0 Å². The lowest BCUT2D eigenvalue weighted by atomic mass is 10.7. The Bertz CT molecular complexity index is 23.5. The SMILES string of the molecule is OCCNNCl. The van der Waals surface area contributed by atoms with Crippen molar-refractivity contribution in [3.8, 4) is 0 Å². The maximum absolute atomic E-state index is 8.04. The van der Waals surface area contributed by atoms with E-state index in [0.29, 0.717) is 6.54 Å². The Morgan fingerprint density at radius 3 is 2.50 bits per heavy atom. The molecule has 0 aromatic rings. The van der Waals surface area contributed by atoms with Gasteiger partial charge < -0.3 is 5.11 Å². The summed E-state index contributed by atoms with van der Waals surface area (Å²) in [4.78, 5) is 2.13. The first-order chi connectivity index (χ1) is 2.91. The zero-order valence-electron chi connectivity index (χ0n) is 3.24. The Morgan fingerprint density at radius 2 is 2.33 bits per heavy atom. The highest BCUT2D eigenvalue weighted by Crippen LogP contribution is 1.51. The molecule has 0 heterocycles. The van der Waals surface area contributed by atoms with Crippen LogP contribution >= 0.6 is 11.8 Å². The number of hydrazine groups is 1. The lowest BCUT2D eigenvalue weighted by Gasteiger charge is -1.91. The monoisotopic (exact) mass is 110 g/mol. The zero-order valence-corrected chi connectivity index (χ0v) is 4.00. The van der Waals surface area contributed by atoms with Gasteiger partial charge in [-0.2, -0.15) is 4.94 Å². The van der Waals surface area contributed by atoms with Gasteiger partial charge in [0, 0.05) is 6.54 Å². The zero-order chi connectivity index (χ0) is 4.83. The molecule has 0 saturated heterocycles. The van der Waals surface area contributed by atoms with Crippen LogP contribution in [-0.2, 0) is 0 Å². The van der Waals surface area contributed by atoms with E-state index >= 15 is 0 Å². The van der Waals surface area contributed by atoms with Crippen molar-refractivity contribution in [1.29, 1.82) is 0 Å². The summed E-state index contributed by atoms with van der Waals surface area (Å²) in [6, 6.07) is 0. The molecule has 6 heavy (non-hydrogen) atoms. The van der Waals surface area contributed by atoms with Crippen LogP contribution in [0.15, 0.2) is 0 Å². The van der Waals surface area contributed by atoms with Crippen LogP contribution in [0.1, 0.15) is 0 Å². The predicted molar refractivity (Wildman–Crippen MR) is 24.1 cm³/mol. The molecule has 0 aliphatic carbocycles. The molecule has 4 heteroatoms. The van der Waals surface area contributed by atoms with E-state index in [4.69, 9.17) is 16.9 Å². The summed E-state index contributed by atoms with van der Waals surface area (Å²) < 4.78 is 0. The molecule has 0 amide bonds. The molecule has 0 bridgehead atoms. The third-order valence-electron chi connectivity index (χ3n) is 0.304. The summed E-state index contributed by atoms with van der Waals surface area (Å²) in [6.07, 6.45) is 0. The molecule has 3 N–H and O–H groups in total. The second-order valence-corrected chi connectivity index (χ2v) is 0.934. The smallest absolute Gasteiger partial charge is 0.0570 e. The van der Waals surface area contributed by atoms with Crippen LogP contribution in [0.3, 0.4) is 0 Å². The molecule has 0 saturated carbocycles. The van der Waals surface area contributed by atoms with Gasteiger partial charge in [0.1, 0.15) is 0 Å². The molecule has 0 fully saturated rings. The maximum Gasteiger partial charge on any atom is 0.0570 e. The second-order valence-electron chi connectivity index (χ2n) is 0.745. The number of aliphatic hydroxyl groups is 1. The molecule has 0 aromatic heterocycles. The van der Waals surface area contributed by atoms with Crippen molar-refractivity contribution in [3.05, 3.63) is 0 Å². The van der Waals surface area contributed by atoms with Gasteiger partial charge in [-0.05, 0) is 11.8 Å². The fourth-order valence-electron chi connectivity index (χ4n) is 0.103. The van der Waals surface area contributed by atoms with Crippen molar-refractivity contribution >= 4 is 11.8 Å². The van der Waals surface area contributed by atoms with E-state index in [1.807, 2.05) is 0 Å². The predicted octanol–water partition coefficient (Wildman–Crippen LogP) is -0.773. The van der Waals surface area contributed by atoms with E-state index in [1.165, 1.54) is 0 Å². The molecule has 0 rings (SSSR count). The fraction of sp³-hybridized carbons (Fsp3) is 1.00. The van der Waals surface area contributed by atoms with Gasteiger partial charge in [0.05, 0.1) is 6.61 Å². The fourth-order valence-corrected chi connectivity index (χ4v) is 0.198. The lowest BCUT2D eigenvalue weighted by Crippen LogP contribution is -2.25. The number of hydrogen-bond acceptors (Lipinski definition) is 3. The molecule has 38 valence electrons. The molecule has 0 aliphatic heterocycles. The summed E-state index contributed by atoms with van der Waals surface area (Å²) in [6.45, 7) is 0.573. The third kappa shape index (κ3) is 4.17. The van der Waals surface area contributed by atoms with E-state index in [-0.39, 0.29) is 6.61 Å². The number of aliphatic hydroxyl groups excluding tert-OH is 1. The first-order valence-electron chi connectivity index (χ1n) is 1.61. The van der Waals surface area contributed by atoms with Crippen molar-refractivity contribution in [1.82, 2.24) is 10.4 Å². The second kappa shape index (κ2) is 5.17. The minimum Gasteiger partial charge on any atom is -0.395 e. The van der Waals surface area contributed by atoms with Crippen LogP contribution in [0.25, 0.3) is 0 Å². The van der Waals surface area contributed by atoms with Crippen molar-refractivity contribution in [2.45, 2.75) is 0 Å². The average molecular weight is 111 g/mol. The Morgan fingerprint density at radius 1 is 1.67 bits per heavy atom. The van der Waals surface area contributed by atoms with Crippen LogP contribution in [-0.4, -0.2) is 18.3 Å². The van der Waals surface area contributed by atoms with E-state index in [2.05, 4.69) is 10.4 Å².